The van der Waals surface area contributed by atoms with E-state index in [1.165, 1.54) is 6.42 Å². The van der Waals surface area contributed by atoms with Crippen molar-refractivity contribution in [2.24, 2.45) is 5.41 Å². The Morgan fingerprint density at radius 2 is 2.06 bits per heavy atom. The third-order valence-electron chi connectivity index (χ3n) is 3.57. The first-order valence-corrected chi connectivity index (χ1v) is 6.29. The van der Waals surface area contributed by atoms with Crippen molar-refractivity contribution < 1.29 is 4.79 Å². The minimum absolute atomic E-state index is 0.251. The Morgan fingerprint density at radius 3 is 2.65 bits per heavy atom. The Bertz CT molecular complexity index is 423. The van der Waals surface area contributed by atoms with Gasteiger partial charge in [0.05, 0.1) is 6.54 Å². The molecule has 1 aliphatic rings. The van der Waals surface area contributed by atoms with Crippen LogP contribution in [0.4, 0.5) is 0 Å². The zero-order chi connectivity index (χ0) is 12.5. The highest BCUT2D eigenvalue weighted by atomic mass is 16.1. The molecule has 1 heterocycles. The fourth-order valence-electron chi connectivity index (χ4n) is 2.53. The molecule has 2 rings (SSSR count). The quantitative estimate of drug-likeness (QED) is 0.745. The van der Waals surface area contributed by atoms with Crippen molar-refractivity contribution in [1.82, 2.24) is 4.90 Å². The summed E-state index contributed by atoms with van der Waals surface area (Å²) in [6.07, 6.45) is 1.19. The average Bonchev–Trinajstić information content (AvgIpc) is 2.58. The maximum Gasteiger partial charge on any atom is 0.177 e. The fourth-order valence-corrected chi connectivity index (χ4v) is 2.53. The Kier molecular flexibility index (Phi) is 3.34. The molecule has 1 fully saturated rings. The lowest BCUT2D eigenvalue weighted by atomic mass is 9.93. The van der Waals surface area contributed by atoms with Crippen molar-refractivity contribution in [1.29, 1.82) is 0 Å². The maximum atomic E-state index is 12.2. The van der Waals surface area contributed by atoms with Crippen LogP contribution < -0.4 is 0 Å². The first-order valence-electron chi connectivity index (χ1n) is 6.29. The van der Waals surface area contributed by atoms with E-state index < -0.39 is 0 Å². The molecule has 1 saturated heterocycles. The smallest absolute Gasteiger partial charge is 0.177 e. The molecule has 0 radical (unpaired) electrons. The summed E-state index contributed by atoms with van der Waals surface area (Å²) in [7, 11) is 0. The van der Waals surface area contributed by atoms with E-state index in [0.717, 1.165) is 24.2 Å². The molecule has 0 amide bonds. The fraction of sp³-hybridized carbons (Fsp3) is 0.533. The number of Topliss-reactive ketones (excluding diaryl/α,β-unsaturated/α-hetero) is 1. The van der Waals surface area contributed by atoms with E-state index in [1.54, 1.807) is 0 Å². The van der Waals surface area contributed by atoms with Gasteiger partial charge < -0.3 is 0 Å². The number of nitrogens with zero attached hydrogens (tertiary/aromatic N) is 1. The van der Waals surface area contributed by atoms with Gasteiger partial charge in [-0.2, -0.15) is 0 Å². The molecule has 0 N–H and O–H groups in total. The van der Waals surface area contributed by atoms with Crippen LogP contribution in [-0.2, 0) is 0 Å². The summed E-state index contributed by atoms with van der Waals surface area (Å²) in [5.74, 6) is 0.251. The largest absolute Gasteiger partial charge is 0.295 e. The summed E-state index contributed by atoms with van der Waals surface area (Å²) in [6.45, 7) is 9.18. The number of hydrogen-bond donors (Lipinski definition) is 0. The van der Waals surface area contributed by atoms with E-state index >= 15 is 0 Å². The maximum absolute atomic E-state index is 12.2. The Morgan fingerprint density at radius 1 is 1.35 bits per heavy atom. The highest BCUT2D eigenvalue weighted by Gasteiger charge is 2.30. The second-order valence-corrected chi connectivity index (χ2v) is 5.86. The van der Waals surface area contributed by atoms with Crippen molar-refractivity contribution in [2.75, 3.05) is 19.6 Å². The monoisotopic (exact) mass is 231 g/mol. The summed E-state index contributed by atoms with van der Waals surface area (Å²) in [6, 6.07) is 7.85. The van der Waals surface area contributed by atoms with Crippen molar-refractivity contribution in [3.8, 4) is 0 Å². The first kappa shape index (κ1) is 12.3. The predicted molar refractivity (Wildman–Crippen MR) is 70.3 cm³/mol. The van der Waals surface area contributed by atoms with Gasteiger partial charge in [0.1, 0.15) is 0 Å². The van der Waals surface area contributed by atoms with Crippen LogP contribution in [0.1, 0.15) is 36.2 Å². The van der Waals surface area contributed by atoms with Crippen molar-refractivity contribution in [3.05, 3.63) is 35.4 Å². The number of hydrogen-bond acceptors (Lipinski definition) is 2. The van der Waals surface area contributed by atoms with Crippen LogP contribution in [0.25, 0.3) is 0 Å². The molecule has 0 aromatic heterocycles. The average molecular weight is 231 g/mol. The van der Waals surface area contributed by atoms with Crippen LogP contribution in [0, 0.1) is 12.3 Å². The zero-order valence-corrected chi connectivity index (χ0v) is 11.0. The van der Waals surface area contributed by atoms with Crippen molar-refractivity contribution in [3.63, 3.8) is 0 Å². The molecular weight excluding hydrogens is 210 g/mol. The summed E-state index contributed by atoms with van der Waals surface area (Å²) in [5.41, 5.74) is 2.32. The topological polar surface area (TPSA) is 20.3 Å². The highest BCUT2D eigenvalue weighted by Crippen LogP contribution is 2.28. The van der Waals surface area contributed by atoms with Gasteiger partial charge in [-0.05, 0) is 30.9 Å². The van der Waals surface area contributed by atoms with Crippen LogP contribution in [0.2, 0.25) is 0 Å². The Labute approximate surface area is 104 Å². The van der Waals surface area contributed by atoms with Crippen LogP contribution in [-0.4, -0.2) is 30.3 Å². The van der Waals surface area contributed by atoms with Crippen molar-refractivity contribution in [2.45, 2.75) is 27.2 Å². The van der Waals surface area contributed by atoms with Crippen LogP contribution >= 0.6 is 0 Å². The van der Waals surface area contributed by atoms with Gasteiger partial charge in [0.2, 0.25) is 0 Å². The molecule has 1 aliphatic heterocycles. The molecule has 2 nitrogen and oxygen atoms in total. The van der Waals surface area contributed by atoms with Crippen molar-refractivity contribution >= 4 is 5.78 Å². The molecule has 0 unspecified atom stereocenters. The number of benzene rings is 1. The third-order valence-corrected chi connectivity index (χ3v) is 3.57. The van der Waals surface area contributed by atoms with Gasteiger partial charge in [0.15, 0.2) is 5.78 Å². The molecule has 92 valence electrons. The number of rotatable bonds is 3. The van der Waals surface area contributed by atoms with E-state index in [2.05, 4.69) is 18.7 Å². The molecule has 0 atom stereocenters. The third kappa shape index (κ3) is 2.95. The van der Waals surface area contributed by atoms with Gasteiger partial charge in [-0.3, -0.25) is 9.69 Å². The summed E-state index contributed by atoms with van der Waals surface area (Å²) >= 11 is 0. The lowest BCUT2D eigenvalue weighted by Crippen LogP contribution is -2.29. The van der Waals surface area contributed by atoms with Crippen LogP contribution in [0.5, 0.6) is 0 Å². The zero-order valence-electron chi connectivity index (χ0n) is 11.0. The summed E-state index contributed by atoms with van der Waals surface area (Å²) in [4.78, 5) is 14.5. The van der Waals surface area contributed by atoms with E-state index in [-0.39, 0.29) is 5.78 Å². The van der Waals surface area contributed by atoms with E-state index in [4.69, 9.17) is 0 Å². The van der Waals surface area contributed by atoms with E-state index in [1.807, 2.05) is 31.2 Å². The Balaban J connectivity index is 2.01. The van der Waals surface area contributed by atoms with E-state index in [0.29, 0.717) is 12.0 Å². The summed E-state index contributed by atoms with van der Waals surface area (Å²) in [5, 5.41) is 0. The predicted octanol–water partition coefficient (Wildman–Crippen LogP) is 2.91. The van der Waals surface area contributed by atoms with Gasteiger partial charge in [0, 0.05) is 12.1 Å². The molecular formula is C15H21NO. The van der Waals surface area contributed by atoms with Crippen LogP contribution in [0.15, 0.2) is 24.3 Å². The van der Waals surface area contributed by atoms with Gasteiger partial charge in [-0.15, -0.1) is 0 Å². The van der Waals surface area contributed by atoms with E-state index in [9.17, 15) is 4.79 Å². The first-order chi connectivity index (χ1) is 7.98. The second-order valence-electron chi connectivity index (χ2n) is 5.86. The molecule has 2 heteroatoms. The SMILES string of the molecule is Cc1ccccc1C(=O)CN1CCC(C)(C)C1. The normalized spacial score (nSPS) is 19.5. The molecule has 17 heavy (non-hydrogen) atoms. The van der Waals surface area contributed by atoms with Gasteiger partial charge in [-0.1, -0.05) is 38.1 Å². The number of ketones is 1. The molecule has 0 saturated carbocycles. The Hall–Kier alpha value is -1.15. The molecule has 0 bridgehead atoms. The number of likely N-dealkylation sites (tertiary alicyclic amines) is 1. The van der Waals surface area contributed by atoms with Gasteiger partial charge in [0.25, 0.3) is 0 Å². The minimum Gasteiger partial charge on any atom is -0.295 e. The lowest BCUT2D eigenvalue weighted by molar-refractivity contribution is 0.0939. The van der Waals surface area contributed by atoms with Gasteiger partial charge >= 0.3 is 0 Å². The minimum atomic E-state index is 0.251. The molecule has 1 aromatic carbocycles. The standard InChI is InChI=1S/C15H21NO/c1-12-6-4-5-7-13(12)14(17)10-16-9-8-15(2,3)11-16/h4-7H,8-11H2,1-3H3. The molecule has 1 aromatic rings. The lowest BCUT2D eigenvalue weighted by Gasteiger charge is -2.19. The number of carbonyl (C=O) groups excluding carboxylic acids is 1. The van der Waals surface area contributed by atoms with Gasteiger partial charge in [-0.25, -0.2) is 0 Å². The molecule has 0 aliphatic carbocycles. The van der Waals surface area contributed by atoms with Crippen LogP contribution in [0.3, 0.4) is 0 Å². The number of aryl methyl sites for hydroxylation is 1. The molecule has 0 spiro atoms. The number of carbonyl (C=O) groups is 1. The highest BCUT2D eigenvalue weighted by molar-refractivity contribution is 5.98. The second kappa shape index (κ2) is 4.61. The summed E-state index contributed by atoms with van der Waals surface area (Å²) < 4.78 is 0.